The largest absolute Gasteiger partial charge is 0.348 e. The number of carbonyl (C=O) groups is 1. The molecule has 1 aliphatic heterocycles. The third-order valence-corrected chi connectivity index (χ3v) is 3.82. The van der Waals surface area contributed by atoms with Crippen LogP contribution in [-0.4, -0.2) is 24.5 Å². The number of hydrogen-bond acceptors (Lipinski definition) is 2. The summed E-state index contributed by atoms with van der Waals surface area (Å²) >= 11 is 0. The van der Waals surface area contributed by atoms with Crippen molar-refractivity contribution in [1.29, 1.82) is 0 Å². The highest BCUT2D eigenvalue weighted by atomic mass is 16.2. The van der Waals surface area contributed by atoms with Gasteiger partial charge in [0.1, 0.15) is 0 Å². The van der Waals surface area contributed by atoms with E-state index in [2.05, 4.69) is 29.3 Å². The maximum absolute atomic E-state index is 12.3. The fourth-order valence-corrected chi connectivity index (χ4v) is 2.55. The van der Waals surface area contributed by atoms with E-state index >= 15 is 0 Å². The van der Waals surface area contributed by atoms with Gasteiger partial charge >= 0.3 is 0 Å². The fourth-order valence-electron chi connectivity index (χ4n) is 2.55. The van der Waals surface area contributed by atoms with E-state index < -0.39 is 0 Å². The number of piperidine rings is 1. The minimum absolute atomic E-state index is 0.00799. The maximum Gasteiger partial charge on any atom is 0.237 e. The molecule has 1 aromatic carbocycles. The van der Waals surface area contributed by atoms with Crippen LogP contribution in [0.15, 0.2) is 42.5 Å². The smallest absolute Gasteiger partial charge is 0.237 e. The summed E-state index contributed by atoms with van der Waals surface area (Å²) in [7, 11) is 0. The highest BCUT2D eigenvalue weighted by Gasteiger charge is 2.23. The lowest BCUT2D eigenvalue weighted by molar-refractivity contribution is -0.124. The van der Waals surface area contributed by atoms with Gasteiger partial charge in [-0.05, 0) is 38.3 Å². The van der Waals surface area contributed by atoms with Crippen molar-refractivity contribution in [1.82, 2.24) is 10.6 Å². The molecular formula is C17H24N2O. The van der Waals surface area contributed by atoms with Gasteiger partial charge in [0.15, 0.2) is 0 Å². The van der Waals surface area contributed by atoms with Crippen molar-refractivity contribution in [3.8, 4) is 0 Å². The van der Waals surface area contributed by atoms with Crippen LogP contribution in [0.3, 0.4) is 0 Å². The molecule has 2 atom stereocenters. The normalized spacial score (nSPS) is 20.1. The molecule has 2 N–H and O–H groups in total. The first kappa shape index (κ1) is 14.8. The standard InChI is InChI=1S/C17H24N2O/c1-13(2)16(12-14-8-4-3-5-9-14)19-17(20)15-10-6-7-11-18-15/h3-5,8-9,15-16,18H,1,6-7,10-12H2,2H3,(H,19,20)/t15-,16-/m0/s1. The Kier molecular flexibility index (Phi) is 5.36. The van der Waals surface area contributed by atoms with Crippen molar-refractivity contribution in [3.63, 3.8) is 0 Å². The number of nitrogens with one attached hydrogen (secondary N) is 2. The van der Waals surface area contributed by atoms with Crippen molar-refractivity contribution in [2.24, 2.45) is 0 Å². The Labute approximate surface area is 121 Å². The Morgan fingerprint density at radius 2 is 2.15 bits per heavy atom. The summed E-state index contributed by atoms with van der Waals surface area (Å²) in [6.45, 7) is 6.93. The Morgan fingerprint density at radius 3 is 2.75 bits per heavy atom. The summed E-state index contributed by atoms with van der Waals surface area (Å²) < 4.78 is 0. The summed E-state index contributed by atoms with van der Waals surface area (Å²) in [5, 5.41) is 6.42. The van der Waals surface area contributed by atoms with Crippen molar-refractivity contribution >= 4 is 5.91 Å². The average molecular weight is 272 g/mol. The molecule has 0 radical (unpaired) electrons. The summed E-state index contributed by atoms with van der Waals surface area (Å²) in [5.74, 6) is 0.105. The molecule has 1 saturated heterocycles. The molecule has 2 rings (SSSR count). The minimum Gasteiger partial charge on any atom is -0.348 e. The molecule has 3 heteroatoms. The van der Waals surface area contributed by atoms with Crippen LogP contribution in [0.25, 0.3) is 0 Å². The molecule has 0 aromatic heterocycles. The van der Waals surface area contributed by atoms with Gasteiger partial charge in [0.2, 0.25) is 5.91 Å². The minimum atomic E-state index is -0.0404. The molecule has 1 amide bonds. The Morgan fingerprint density at radius 1 is 1.40 bits per heavy atom. The molecule has 20 heavy (non-hydrogen) atoms. The third-order valence-electron chi connectivity index (χ3n) is 3.82. The molecule has 1 aliphatic rings. The van der Waals surface area contributed by atoms with E-state index in [-0.39, 0.29) is 18.0 Å². The summed E-state index contributed by atoms with van der Waals surface area (Å²) in [6, 6.07) is 10.2. The van der Waals surface area contributed by atoms with Crippen LogP contribution in [0.4, 0.5) is 0 Å². The van der Waals surface area contributed by atoms with Gasteiger partial charge in [0.25, 0.3) is 0 Å². The molecule has 0 bridgehead atoms. The number of amides is 1. The summed E-state index contributed by atoms with van der Waals surface area (Å²) in [6.07, 6.45) is 4.02. The average Bonchev–Trinajstić information content (AvgIpc) is 2.48. The van der Waals surface area contributed by atoms with Crippen molar-refractivity contribution in [2.45, 2.75) is 44.7 Å². The number of carbonyl (C=O) groups excluding carboxylic acids is 1. The van der Waals surface area contributed by atoms with Crippen molar-refractivity contribution in [3.05, 3.63) is 48.0 Å². The molecule has 0 saturated carbocycles. The Balaban J connectivity index is 1.95. The van der Waals surface area contributed by atoms with Crippen LogP contribution >= 0.6 is 0 Å². The van der Waals surface area contributed by atoms with Crippen LogP contribution in [-0.2, 0) is 11.2 Å². The first-order valence-electron chi connectivity index (χ1n) is 7.40. The second-order valence-electron chi connectivity index (χ2n) is 5.60. The van der Waals surface area contributed by atoms with E-state index in [1.54, 1.807) is 0 Å². The maximum atomic E-state index is 12.3. The molecule has 3 nitrogen and oxygen atoms in total. The molecule has 0 aliphatic carbocycles. The predicted octanol–water partition coefficient (Wildman–Crippen LogP) is 2.43. The van der Waals surface area contributed by atoms with Crippen LogP contribution < -0.4 is 10.6 Å². The lowest BCUT2D eigenvalue weighted by Gasteiger charge is -2.26. The van der Waals surface area contributed by atoms with Gasteiger partial charge in [-0.2, -0.15) is 0 Å². The van der Waals surface area contributed by atoms with Gasteiger partial charge < -0.3 is 10.6 Å². The molecule has 0 unspecified atom stereocenters. The second kappa shape index (κ2) is 7.25. The molecule has 0 spiro atoms. The van der Waals surface area contributed by atoms with Crippen LogP contribution in [0.2, 0.25) is 0 Å². The van der Waals surface area contributed by atoms with Crippen LogP contribution in [0, 0.1) is 0 Å². The van der Waals surface area contributed by atoms with Gasteiger partial charge in [0, 0.05) is 0 Å². The van der Waals surface area contributed by atoms with Crippen molar-refractivity contribution < 1.29 is 4.79 Å². The van der Waals surface area contributed by atoms with E-state index in [1.165, 1.54) is 5.56 Å². The summed E-state index contributed by atoms with van der Waals surface area (Å²) in [5.41, 5.74) is 2.22. The van der Waals surface area contributed by atoms with Gasteiger partial charge in [0.05, 0.1) is 12.1 Å². The SMILES string of the molecule is C=C(C)[C@H](Cc1ccccc1)NC(=O)[C@@H]1CCCCN1. The highest BCUT2D eigenvalue weighted by molar-refractivity contribution is 5.82. The molecule has 1 heterocycles. The Bertz CT molecular complexity index is 449. The van der Waals surface area contributed by atoms with Crippen LogP contribution in [0.5, 0.6) is 0 Å². The van der Waals surface area contributed by atoms with E-state index in [9.17, 15) is 4.79 Å². The second-order valence-corrected chi connectivity index (χ2v) is 5.60. The van der Waals surface area contributed by atoms with Crippen LogP contribution in [0.1, 0.15) is 31.7 Å². The number of rotatable bonds is 5. The first-order chi connectivity index (χ1) is 9.66. The first-order valence-corrected chi connectivity index (χ1v) is 7.40. The zero-order chi connectivity index (χ0) is 14.4. The number of hydrogen-bond donors (Lipinski definition) is 2. The Hall–Kier alpha value is -1.61. The monoisotopic (exact) mass is 272 g/mol. The lowest BCUT2D eigenvalue weighted by Crippen LogP contribution is -2.50. The molecule has 1 fully saturated rings. The zero-order valence-corrected chi connectivity index (χ0v) is 12.2. The van der Waals surface area contributed by atoms with E-state index in [0.717, 1.165) is 37.8 Å². The highest BCUT2D eigenvalue weighted by Crippen LogP contribution is 2.11. The summed E-state index contributed by atoms with van der Waals surface area (Å²) in [4.78, 5) is 12.3. The van der Waals surface area contributed by atoms with Gasteiger partial charge in [-0.25, -0.2) is 0 Å². The van der Waals surface area contributed by atoms with E-state index in [0.29, 0.717) is 0 Å². The van der Waals surface area contributed by atoms with Gasteiger partial charge in [-0.1, -0.05) is 48.9 Å². The van der Waals surface area contributed by atoms with Gasteiger partial charge in [-0.15, -0.1) is 0 Å². The van der Waals surface area contributed by atoms with E-state index in [1.807, 2.05) is 25.1 Å². The molecule has 108 valence electrons. The predicted molar refractivity (Wildman–Crippen MR) is 82.5 cm³/mol. The molecular weight excluding hydrogens is 248 g/mol. The van der Waals surface area contributed by atoms with E-state index in [4.69, 9.17) is 0 Å². The fraction of sp³-hybridized carbons (Fsp3) is 0.471. The lowest BCUT2D eigenvalue weighted by atomic mass is 9.99. The third kappa shape index (κ3) is 4.20. The number of benzene rings is 1. The van der Waals surface area contributed by atoms with Crippen molar-refractivity contribution in [2.75, 3.05) is 6.54 Å². The quantitative estimate of drug-likeness (QED) is 0.808. The van der Waals surface area contributed by atoms with Gasteiger partial charge in [-0.3, -0.25) is 4.79 Å². The molecule has 1 aromatic rings. The zero-order valence-electron chi connectivity index (χ0n) is 12.2. The topological polar surface area (TPSA) is 41.1 Å².